The minimum atomic E-state index is -0.00959. The lowest BCUT2D eigenvalue weighted by molar-refractivity contribution is 0.172. The number of urea groups is 1. The van der Waals surface area contributed by atoms with Crippen LogP contribution >= 0.6 is 0 Å². The average molecular weight is 374 g/mol. The zero-order valence-corrected chi connectivity index (χ0v) is 16.5. The largest absolute Gasteiger partial charge is 0.339 e. The van der Waals surface area contributed by atoms with Crippen LogP contribution in [0.5, 0.6) is 0 Å². The molecule has 1 N–H and O–H groups in total. The van der Waals surface area contributed by atoms with Gasteiger partial charge >= 0.3 is 6.03 Å². The minimum absolute atomic E-state index is 0.00959. The van der Waals surface area contributed by atoms with Gasteiger partial charge in [0.1, 0.15) is 5.82 Å². The van der Waals surface area contributed by atoms with Crippen LogP contribution in [-0.4, -0.2) is 50.3 Å². The number of hydrogen-bond donors (Lipinski definition) is 1. The highest BCUT2D eigenvalue weighted by molar-refractivity contribution is 5.74. The molecule has 3 rings (SSSR count). The number of rotatable bonds is 7. The van der Waals surface area contributed by atoms with Crippen LogP contribution < -0.4 is 5.32 Å². The average Bonchev–Trinajstić information content (AvgIpc) is 3.34. The molecule has 1 fully saturated rings. The molecule has 0 aliphatic carbocycles. The number of hydrogen-bond acceptors (Lipinski definition) is 5. The van der Waals surface area contributed by atoms with Crippen molar-refractivity contribution in [1.82, 2.24) is 29.9 Å². The van der Waals surface area contributed by atoms with Crippen LogP contribution in [0.2, 0.25) is 0 Å². The van der Waals surface area contributed by atoms with E-state index in [1.165, 1.54) is 0 Å². The lowest BCUT2D eigenvalue weighted by Gasteiger charge is -2.31. The minimum Gasteiger partial charge on any atom is -0.339 e. The van der Waals surface area contributed by atoms with Crippen molar-refractivity contribution in [3.63, 3.8) is 0 Å². The van der Waals surface area contributed by atoms with E-state index in [-0.39, 0.29) is 17.9 Å². The van der Waals surface area contributed by atoms with Crippen LogP contribution in [-0.2, 0) is 13.0 Å². The zero-order valence-electron chi connectivity index (χ0n) is 16.5. The van der Waals surface area contributed by atoms with Crippen LogP contribution in [0.1, 0.15) is 69.4 Å². The van der Waals surface area contributed by atoms with Gasteiger partial charge < -0.3 is 19.3 Å². The van der Waals surface area contributed by atoms with Gasteiger partial charge in [-0.05, 0) is 19.3 Å². The molecular formula is C19H30N6O2. The third-order valence-corrected chi connectivity index (χ3v) is 5.00. The van der Waals surface area contributed by atoms with Crippen LogP contribution in [0.15, 0.2) is 16.9 Å². The maximum absolute atomic E-state index is 12.5. The Balaban J connectivity index is 1.45. The molecule has 1 aliphatic rings. The van der Waals surface area contributed by atoms with E-state index in [0.29, 0.717) is 19.0 Å². The van der Waals surface area contributed by atoms with E-state index in [4.69, 9.17) is 4.52 Å². The molecule has 0 bridgehead atoms. The first-order valence-corrected chi connectivity index (χ1v) is 9.94. The number of piperidine rings is 1. The third-order valence-electron chi connectivity index (χ3n) is 5.00. The number of nitrogens with one attached hydrogen (secondary N) is 1. The van der Waals surface area contributed by atoms with Gasteiger partial charge in [-0.3, -0.25) is 0 Å². The number of carbonyl (C=O) groups excluding carboxylic acids is 1. The molecule has 2 aromatic heterocycles. The fraction of sp³-hybridized carbons (Fsp3) is 0.684. The van der Waals surface area contributed by atoms with E-state index >= 15 is 0 Å². The van der Waals surface area contributed by atoms with Crippen LogP contribution in [0.25, 0.3) is 0 Å². The fourth-order valence-electron chi connectivity index (χ4n) is 3.43. The van der Waals surface area contributed by atoms with E-state index in [1.807, 2.05) is 31.1 Å². The molecule has 0 unspecified atom stereocenters. The number of aromatic nitrogens is 4. The standard InChI is InChI=1S/C19H30N6O2/c1-4-16-20-9-12-24(16)11-6-8-21-19(26)25-10-5-7-15(13-25)18-22-17(14(2)3)23-27-18/h9,12,14-15H,4-8,10-11,13H2,1-3H3,(H,21,26)/t15-/m1/s1. The summed E-state index contributed by atoms with van der Waals surface area (Å²) in [5, 5.41) is 7.08. The molecule has 27 heavy (non-hydrogen) atoms. The van der Waals surface area contributed by atoms with Gasteiger partial charge in [0.25, 0.3) is 0 Å². The second kappa shape index (κ2) is 9.01. The topological polar surface area (TPSA) is 89.1 Å². The molecule has 3 heterocycles. The van der Waals surface area contributed by atoms with Crippen molar-refractivity contribution in [3.05, 3.63) is 29.9 Å². The van der Waals surface area contributed by atoms with Gasteiger partial charge in [-0.2, -0.15) is 4.98 Å². The Morgan fingerprint density at radius 2 is 2.30 bits per heavy atom. The lowest BCUT2D eigenvalue weighted by Crippen LogP contribution is -2.45. The fourth-order valence-corrected chi connectivity index (χ4v) is 3.43. The molecule has 8 heteroatoms. The summed E-state index contributed by atoms with van der Waals surface area (Å²) in [6, 6.07) is -0.00959. The molecule has 1 atom stereocenters. The van der Waals surface area contributed by atoms with Crippen molar-refractivity contribution in [2.24, 2.45) is 0 Å². The van der Waals surface area contributed by atoms with Crippen LogP contribution in [0, 0.1) is 0 Å². The highest BCUT2D eigenvalue weighted by atomic mass is 16.5. The molecule has 1 saturated heterocycles. The Kier molecular flexibility index (Phi) is 6.47. The summed E-state index contributed by atoms with van der Waals surface area (Å²) in [7, 11) is 0. The molecule has 0 saturated carbocycles. The van der Waals surface area contributed by atoms with E-state index in [1.54, 1.807) is 0 Å². The van der Waals surface area contributed by atoms with Gasteiger partial charge in [0, 0.05) is 50.9 Å². The highest BCUT2D eigenvalue weighted by Gasteiger charge is 2.28. The number of imidazole rings is 1. The highest BCUT2D eigenvalue weighted by Crippen LogP contribution is 2.26. The number of nitrogens with zero attached hydrogens (tertiary/aromatic N) is 5. The lowest BCUT2D eigenvalue weighted by atomic mass is 9.98. The third kappa shape index (κ3) is 4.87. The Hall–Kier alpha value is -2.38. The first-order valence-electron chi connectivity index (χ1n) is 9.94. The maximum atomic E-state index is 12.5. The summed E-state index contributed by atoms with van der Waals surface area (Å²) < 4.78 is 7.57. The predicted molar refractivity (Wildman–Crippen MR) is 102 cm³/mol. The summed E-state index contributed by atoms with van der Waals surface area (Å²) in [5.41, 5.74) is 0. The number of carbonyl (C=O) groups is 1. The second-order valence-electron chi connectivity index (χ2n) is 7.41. The Bertz CT molecular complexity index is 738. The van der Waals surface area contributed by atoms with Gasteiger partial charge in [0.05, 0.1) is 5.92 Å². The monoisotopic (exact) mass is 374 g/mol. The number of amides is 2. The Morgan fingerprint density at radius 1 is 1.44 bits per heavy atom. The van der Waals surface area contributed by atoms with Gasteiger partial charge in [-0.25, -0.2) is 9.78 Å². The molecule has 0 aromatic carbocycles. The smallest absolute Gasteiger partial charge is 0.317 e. The first-order chi connectivity index (χ1) is 13.1. The zero-order chi connectivity index (χ0) is 19.2. The van der Waals surface area contributed by atoms with E-state index in [0.717, 1.165) is 50.4 Å². The molecule has 8 nitrogen and oxygen atoms in total. The molecule has 0 spiro atoms. The van der Waals surface area contributed by atoms with Crippen molar-refractivity contribution in [1.29, 1.82) is 0 Å². The van der Waals surface area contributed by atoms with Crippen LogP contribution in [0.3, 0.4) is 0 Å². The summed E-state index contributed by atoms with van der Waals surface area (Å²) >= 11 is 0. The van der Waals surface area contributed by atoms with E-state index in [9.17, 15) is 4.79 Å². The van der Waals surface area contributed by atoms with Gasteiger partial charge in [-0.15, -0.1) is 0 Å². The normalized spacial score (nSPS) is 17.5. The Labute approximate surface area is 160 Å². The molecular weight excluding hydrogens is 344 g/mol. The van der Waals surface area contributed by atoms with Crippen molar-refractivity contribution in [3.8, 4) is 0 Å². The quantitative estimate of drug-likeness (QED) is 0.753. The number of aryl methyl sites for hydroxylation is 2. The van der Waals surface area contributed by atoms with Gasteiger partial charge in [0.2, 0.25) is 5.89 Å². The summed E-state index contributed by atoms with van der Waals surface area (Å²) in [6.07, 6.45) is 7.55. The van der Waals surface area contributed by atoms with E-state index < -0.39 is 0 Å². The first kappa shape index (κ1) is 19.4. The second-order valence-corrected chi connectivity index (χ2v) is 7.41. The summed E-state index contributed by atoms with van der Waals surface area (Å²) in [4.78, 5) is 23.2. The SMILES string of the molecule is CCc1nccn1CCCNC(=O)N1CCC[C@@H](c2nc(C(C)C)no2)C1. The van der Waals surface area contributed by atoms with Crippen molar-refractivity contribution >= 4 is 6.03 Å². The predicted octanol–water partition coefficient (Wildman–Crippen LogP) is 2.93. The molecule has 2 aromatic rings. The van der Waals surface area contributed by atoms with Crippen molar-refractivity contribution in [2.75, 3.05) is 19.6 Å². The van der Waals surface area contributed by atoms with Crippen molar-refractivity contribution in [2.45, 2.75) is 64.8 Å². The van der Waals surface area contributed by atoms with Gasteiger partial charge in [0.15, 0.2) is 5.82 Å². The van der Waals surface area contributed by atoms with Gasteiger partial charge in [-0.1, -0.05) is 25.9 Å². The van der Waals surface area contributed by atoms with Crippen LogP contribution in [0.4, 0.5) is 4.79 Å². The molecule has 2 amide bonds. The van der Waals surface area contributed by atoms with Crippen molar-refractivity contribution < 1.29 is 9.32 Å². The Morgan fingerprint density at radius 3 is 3.04 bits per heavy atom. The molecule has 0 radical (unpaired) electrons. The molecule has 1 aliphatic heterocycles. The number of likely N-dealkylation sites (tertiary alicyclic amines) is 1. The molecule has 148 valence electrons. The summed E-state index contributed by atoms with van der Waals surface area (Å²) in [6.45, 7) is 9.11. The summed E-state index contributed by atoms with van der Waals surface area (Å²) in [5.74, 6) is 2.85. The van der Waals surface area contributed by atoms with E-state index in [2.05, 4.69) is 31.9 Å². The maximum Gasteiger partial charge on any atom is 0.317 e.